The highest BCUT2D eigenvalue weighted by atomic mass is 16.8. The van der Waals surface area contributed by atoms with E-state index in [1.807, 2.05) is 12.1 Å². The first kappa shape index (κ1) is 23.0. The fourth-order valence-electron chi connectivity index (χ4n) is 4.82. The highest BCUT2D eigenvalue weighted by Gasteiger charge is 2.66. The van der Waals surface area contributed by atoms with E-state index in [-0.39, 0.29) is 0 Å². The third-order valence-electron chi connectivity index (χ3n) is 6.13. The van der Waals surface area contributed by atoms with Gasteiger partial charge in [0.25, 0.3) is 0 Å². The summed E-state index contributed by atoms with van der Waals surface area (Å²) in [5, 5.41) is 0. The Kier molecular flexibility index (Phi) is 5.72. The SMILES string of the molecule is CC1(C)OC2C(O1)[C@@H]1OC(C)(C)O[C@@H]1C(OC(=O)c1ccccc1)[C@@H]2OC(=O)c1ccccc1. The van der Waals surface area contributed by atoms with Crippen molar-refractivity contribution in [3.8, 4) is 0 Å². The smallest absolute Gasteiger partial charge is 0.338 e. The Hall–Kier alpha value is -2.78. The van der Waals surface area contributed by atoms with E-state index in [1.54, 1.807) is 76.2 Å². The molecular weight excluding hydrogens is 440 g/mol. The Labute approximate surface area is 198 Å². The highest BCUT2D eigenvalue weighted by molar-refractivity contribution is 5.90. The lowest BCUT2D eigenvalue weighted by Crippen LogP contribution is -2.63. The summed E-state index contributed by atoms with van der Waals surface area (Å²) in [6, 6.07) is 17.2. The van der Waals surface area contributed by atoms with Gasteiger partial charge in [-0.1, -0.05) is 36.4 Å². The number of hydrogen-bond acceptors (Lipinski definition) is 8. The number of benzene rings is 2. The van der Waals surface area contributed by atoms with Crippen LogP contribution in [0.2, 0.25) is 0 Å². The van der Waals surface area contributed by atoms with Gasteiger partial charge in [-0.25, -0.2) is 9.59 Å². The first-order chi connectivity index (χ1) is 16.1. The standard InChI is InChI=1S/C26H28O8/c1-25(2)31-19-17(29-23(27)15-11-7-5-8-12-15)18(30-24(28)16-13-9-6-10-14-16)20-22(21(19)33-25)34-26(3,4)32-20/h5-14,17-22H,1-4H3/t17-,18?,19?,20+,21?,22+/m0/s1. The van der Waals surface area contributed by atoms with E-state index in [0.717, 1.165) is 0 Å². The maximum absolute atomic E-state index is 13.1. The fourth-order valence-corrected chi connectivity index (χ4v) is 4.82. The fraction of sp³-hybridized carbons (Fsp3) is 0.462. The summed E-state index contributed by atoms with van der Waals surface area (Å²) in [7, 11) is 0. The van der Waals surface area contributed by atoms with Crippen LogP contribution in [0.1, 0.15) is 48.4 Å². The number of esters is 2. The number of fused-ring (bicyclic) bond motifs is 3. The van der Waals surface area contributed by atoms with E-state index in [2.05, 4.69) is 0 Å². The van der Waals surface area contributed by atoms with E-state index < -0.39 is 60.1 Å². The molecule has 2 aromatic rings. The molecule has 3 fully saturated rings. The maximum Gasteiger partial charge on any atom is 0.338 e. The molecule has 2 aliphatic heterocycles. The van der Waals surface area contributed by atoms with Crippen molar-refractivity contribution in [3.63, 3.8) is 0 Å². The Balaban J connectivity index is 1.51. The Morgan fingerprint density at radius 1 is 0.588 bits per heavy atom. The molecule has 8 heteroatoms. The van der Waals surface area contributed by atoms with Crippen LogP contribution >= 0.6 is 0 Å². The van der Waals surface area contributed by atoms with Crippen molar-refractivity contribution in [2.24, 2.45) is 0 Å². The average Bonchev–Trinajstić information content (AvgIpc) is 3.31. The van der Waals surface area contributed by atoms with Crippen LogP contribution in [0.15, 0.2) is 60.7 Å². The topological polar surface area (TPSA) is 89.5 Å². The second-order valence-corrected chi connectivity index (χ2v) is 9.60. The molecule has 1 saturated carbocycles. The van der Waals surface area contributed by atoms with E-state index in [9.17, 15) is 9.59 Å². The average molecular weight is 469 g/mol. The Morgan fingerprint density at radius 3 is 1.26 bits per heavy atom. The van der Waals surface area contributed by atoms with Crippen LogP contribution in [-0.2, 0) is 28.4 Å². The molecule has 0 bridgehead atoms. The number of ether oxygens (including phenoxy) is 6. The molecule has 0 spiro atoms. The molecule has 180 valence electrons. The minimum atomic E-state index is -0.981. The van der Waals surface area contributed by atoms with Gasteiger partial charge in [-0.05, 0) is 52.0 Å². The van der Waals surface area contributed by atoms with Gasteiger partial charge >= 0.3 is 11.9 Å². The van der Waals surface area contributed by atoms with Gasteiger partial charge in [-0.2, -0.15) is 0 Å². The lowest BCUT2D eigenvalue weighted by atomic mass is 9.84. The van der Waals surface area contributed by atoms with Crippen LogP contribution < -0.4 is 0 Å². The van der Waals surface area contributed by atoms with Gasteiger partial charge in [0.05, 0.1) is 11.1 Å². The van der Waals surface area contributed by atoms with Crippen LogP contribution in [0.3, 0.4) is 0 Å². The molecule has 34 heavy (non-hydrogen) atoms. The van der Waals surface area contributed by atoms with E-state index in [1.165, 1.54) is 0 Å². The molecule has 2 aromatic carbocycles. The molecule has 0 N–H and O–H groups in total. The molecule has 0 aromatic heterocycles. The molecule has 1 aliphatic carbocycles. The van der Waals surface area contributed by atoms with Gasteiger partial charge in [0.15, 0.2) is 23.8 Å². The zero-order chi connectivity index (χ0) is 24.1. The summed E-state index contributed by atoms with van der Waals surface area (Å²) < 4.78 is 36.6. The molecule has 2 saturated heterocycles. The van der Waals surface area contributed by atoms with Gasteiger partial charge in [-0.3, -0.25) is 0 Å². The van der Waals surface area contributed by atoms with E-state index in [4.69, 9.17) is 28.4 Å². The molecular formula is C26H28O8. The van der Waals surface area contributed by atoms with Crippen molar-refractivity contribution in [3.05, 3.63) is 71.8 Å². The summed E-state index contributed by atoms with van der Waals surface area (Å²) in [6.07, 6.45) is -4.58. The Bertz CT molecular complexity index is 965. The minimum Gasteiger partial charge on any atom is -0.452 e. The van der Waals surface area contributed by atoms with Crippen LogP contribution in [0.4, 0.5) is 0 Å². The monoisotopic (exact) mass is 468 g/mol. The van der Waals surface area contributed by atoms with Gasteiger partial charge < -0.3 is 28.4 Å². The summed E-state index contributed by atoms with van der Waals surface area (Å²) in [4.78, 5) is 26.1. The zero-order valence-corrected chi connectivity index (χ0v) is 19.5. The summed E-state index contributed by atoms with van der Waals surface area (Å²) in [6.45, 7) is 7.12. The van der Waals surface area contributed by atoms with Gasteiger partial charge in [0.2, 0.25) is 0 Å². The normalized spacial score (nSPS) is 32.9. The molecule has 5 rings (SSSR count). The van der Waals surface area contributed by atoms with Gasteiger partial charge in [0.1, 0.15) is 24.4 Å². The largest absolute Gasteiger partial charge is 0.452 e. The first-order valence-electron chi connectivity index (χ1n) is 11.4. The number of carbonyl (C=O) groups is 2. The third-order valence-corrected chi connectivity index (χ3v) is 6.13. The lowest BCUT2D eigenvalue weighted by molar-refractivity contribution is -0.185. The van der Waals surface area contributed by atoms with Crippen molar-refractivity contribution in [2.75, 3.05) is 0 Å². The van der Waals surface area contributed by atoms with Gasteiger partial charge in [-0.15, -0.1) is 0 Å². The maximum atomic E-state index is 13.1. The molecule has 2 heterocycles. The second kappa shape index (κ2) is 8.46. The summed E-state index contributed by atoms with van der Waals surface area (Å²) in [5.41, 5.74) is 0.743. The van der Waals surface area contributed by atoms with Crippen molar-refractivity contribution in [1.29, 1.82) is 0 Å². The van der Waals surface area contributed by atoms with Crippen molar-refractivity contribution >= 4 is 11.9 Å². The van der Waals surface area contributed by atoms with Crippen molar-refractivity contribution in [2.45, 2.75) is 75.9 Å². The quantitative estimate of drug-likeness (QED) is 0.630. The molecule has 8 nitrogen and oxygen atoms in total. The van der Waals surface area contributed by atoms with Crippen LogP contribution in [0.25, 0.3) is 0 Å². The van der Waals surface area contributed by atoms with Crippen LogP contribution in [0.5, 0.6) is 0 Å². The predicted octanol–water partition coefficient (Wildman–Crippen LogP) is 3.49. The lowest BCUT2D eigenvalue weighted by Gasteiger charge is -2.41. The molecule has 3 unspecified atom stereocenters. The first-order valence-corrected chi connectivity index (χ1v) is 11.4. The third kappa shape index (κ3) is 4.34. The highest BCUT2D eigenvalue weighted by Crippen LogP contribution is 2.46. The van der Waals surface area contributed by atoms with Gasteiger partial charge in [0, 0.05) is 0 Å². The molecule has 3 aliphatic rings. The van der Waals surface area contributed by atoms with E-state index >= 15 is 0 Å². The van der Waals surface area contributed by atoms with Crippen LogP contribution in [-0.4, -0.2) is 60.1 Å². The summed E-state index contributed by atoms with van der Waals surface area (Å²) in [5.74, 6) is -3.03. The molecule has 0 amide bonds. The number of hydrogen-bond donors (Lipinski definition) is 0. The number of carbonyl (C=O) groups excluding carboxylic acids is 2. The number of rotatable bonds is 4. The second-order valence-electron chi connectivity index (χ2n) is 9.60. The van der Waals surface area contributed by atoms with Crippen LogP contribution in [0, 0.1) is 0 Å². The predicted molar refractivity (Wildman–Crippen MR) is 119 cm³/mol. The summed E-state index contributed by atoms with van der Waals surface area (Å²) >= 11 is 0. The minimum absolute atomic E-state index is 0.372. The Morgan fingerprint density at radius 2 is 0.912 bits per heavy atom. The van der Waals surface area contributed by atoms with Crippen molar-refractivity contribution in [1.82, 2.24) is 0 Å². The molecule has 6 atom stereocenters. The zero-order valence-electron chi connectivity index (χ0n) is 19.5. The van der Waals surface area contributed by atoms with E-state index in [0.29, 0.717) is 11.1 Å². The molecule has 0 radical (unpaired) electrons. The van der Waals surface area contributed by atoms with Crippen molar-refractivity contribution < 1.29 is 38.0 Å².